The van der Waals surface area contributed by atoms with Crippen LogP contribution in [0.3, 0.4) is 0 Å². The predicted molar refractivity (Wildman–Crippen MR) is 106 cm³/mol. The van der Waals surface area contributed by atoms with Gasteiger partial charge in [-0.15, -0.1) is 0 Å². The lowest BCUT2D eigenvalue weighted by atomic mass is 10.2. The molecule has 0 aliphatic rings. The third-order valence-electron chi connectivity index (χ3n) is 2.99. The quantitative estimate of drug-likeness (QED) is 0.357. The van der Waals surface area contributed by atoms with E-state index in [4.69, 9.17) is 45.7 Å². The van der Waals surface area contributed by atoms with Crippen LogP contribution >= 0.6 is 31.8 Å². The van der Waals surface area contributed by atoms with Crippen LogP contribution in [0.1, 0.15) is 12.5 Å². The zero-order valence-corrected chi connectivity index (χ0v) is 16.4. The normalized spacial score (nSPS) is 10.7. The number of rotatable bonds is 9. The van der Waals surface area contributed by atoms with Gasteiger partial charge < -0.3 is 9.47 Å². The fourth-order valence-corrected chi connectivity index (χ4v) is 4.08. The first-order valence-electron chi connectivity index (χ1n) is 6.99. The lowest BCUT2D eigenvalue weighted by molar-refractivity contribution is -0.144. The van der Waals surface area contributed by atoms with Crippen LogP contribution in [0.15, 0.2) is 30.3 Å². The van der Waals surface area contributed by atoms with Gasteiger partial charge in [0.1, 0.15) is 13.2 Å². The second kappa shape index (κ2) is 10.5. The standard InChI is InChI=1S/C15H16NO4PS3/c1-2-19-13(17)8-16(15(10-22,11-23)21-24)14(18)20-9-12-6-4-3-5-7-12/h3-7,10-11H,2,8-9H2,1H3/p+1. The summed E-state index contributed by atoms with van der Waals surface area (Å²) in [4.78, 5) is 25.5. The van der Waals surface area contributed by atoms with Crippen molar-refractivity contribution in [2.75, 3.05) is 13.2 Å². The highest BCUT2D eigenvalue weighted by atomic mass is 32.4. The lowest BCUT2D eigenvalue weighted by Gasteiger charge is -2.28. The largest absolute Gasteiger partial charge is 0.465 e. The van der Waals surface area contributed by atoms with Crippen LogP contribution in [0, 0.1) is 0 Å². The molecule has 0 saturated carbocycles. The van der Waals surface area contributed by atoms with Crippen molar-refractivity contribution >= 4 is 66.4 Å². The predicted octanol–water partition coefficient (Wildman–Crippen LogP) is 3.02. The van der Waals surface area contributed by atoms with Crippen molar-refractivity contribution in [2.45, 2.75) is 18.8 Å². The van der Waals surface area contributed by atoms with Gasteiger partial charge in [-0.2, -0.15) is 0 Å². The number of hydrogen-bond acceptors (Lipinski definition) is 7. The zero-order valence-electron chi connectivity index (χ0n) is 13.0. The molecule has 24 heavy (non-hydrogen) atoms. The molecule has 0 radical (unpaired) electrons. The molecule has 1 rings (SSSR count). The smallest absolute Gasteiger partial charge is 0.414 e. The zero-order chi connectivity index (χ0) is 18.0. The van der Waals surface area contributed by atoms with E-state index in [0.717, 1.165) is 10.5 Å². The number of carbonyl (C=O) groups is 2. The first kappa shape index (κ1) is 20.7. The number of carbonyl (C=O) groups excluding carboxylic acids is 2. The highest BCUT2D eigenvalue weighted by molar-refractivity contribution is 7.99. The van der Waals surface area contributed by atoms with E-state index >= 15 is 0 Å². The molecule has 0 heterocycles. The minimum absolute atomic E-state index is 0.0600. The number of hydrogen-bond donors (Lipinski definition) is 0. The maximum absolute atomic E-state index is 12.5. The van der Waals surface area contributed by atoms with Crippen LogP contribution < -0.4 is 0 Å². The van der Waals surface area contributed by atoms with Gasteiger partial charge in [-0.25, -0.2) is 9.69 Å². The molecule has 1 amide bonds. The Hall–Kier alpha value is -1.34. The Morgan fingerprint density at radius 3 is 2.33 bits per heavy atom. The number of amides is 1. The van der Waals surface area contributed by atoms with Crippen LogP contribution in [0.25, 0.3) is 0 Å². The maximum Gasteiger partial charge on any atom is 0.414 e. The summed E-state index contributed by atoms with van der Waals surface area (Å²) in [5.74, 6) is -0.583. The maximum atomic E-state index is 12.5. The molecule has 0 aromatic heterocycles. The molecule has 128 valence electrons. The Labute approximate surface area is 158 Å². The van der Waals surface area contributed by atoms with Gasteiger partial charge in [0.05, 0.1) is 17.3 Å². The minimum Gasteiger partial charge on any atom is -0.465 e. The molecule has 0 fully saturated rings. The first-order chi connectivity index (χ1) is 11.5. The molecule has 0 N–H and O–H groups in total. The Kier molecular flexibility index (Phi) is 9.07. The number of ether oxygens (including phenoxy) is 2. The average Bonchev–Trinajstić information content (AvgIpc) is 2.61. The summed E-state index contributed by atoms with van der Waals surface area (Å²) in [5.41, 5.74) is 0.818. The van der Waals surface area contributed by atoms with Crippen LogP contribution in [0.4, 0.5) is 4.79 Å². The topological polar surface area (TPSA) is 55.8 Å². The highest BCUT2D eigenvalue weighted by Crippen LogP contribution is 2.26. The molecule has 0 aliphatic carbocycles. The summed E-state index contributed by atoms with van der Waals surface area (Å²) in [6.45, 7) is 1.59. The Balaban J connectivity index is 2.95. The van der Waals surface area contributed by atoms with Crippen molar-refractivity contribution in [3.05, 3.63) is 35.9 Å². The summed E-state index contributed by atoms with van der Waals surface area (Å²) in [5, 5.41) is 1.39. The van der Waals surface area contributed by atoms with Gasteiger partial charge in [0.25, 0.3) is 5.28 Å². The highest BCUT2D eigenvalue weighted by Gasteiger charge is 2.44. The van der Waals surface area contributed by atoms with Crippen LogP contribution in [-0.4, -0.2) is 46.1 Å². The number of thiocarbonyl (C=S) groups is 2. The SMILES string of the molecule is CCOC(=O)CN(C(=O)OCc1ccccc1)C(C=S)(C=S)[PH+]=S. The van der Waals surface area contributed by atoms with E-state index in [1.165, 1.54) is 10.7 Å². The van der Waals surface area contributed by atoms with Crippen LogP contribution in [0.2, 0.25) is 0 Å². The van der Waals surface area contributed by atoms with Gasteiger partial charge in [-0.1, -0.05) is 54.8 Å². The summed E-state index contributed by atoms with van der Waals surface area (Å²) in [6.07, 6.45) is -0.730. The number of nitrogens with zero attached hydrogens (tertiary/aromatic N) is 1. The van der Waals surface area contributed by atoms with Gasteiger partial charge in [-0.3, -0.25) is 4.79 Å². The Morgan fingerprint density at radius 1 is 1.21 bits per heavy atom. The van der Waals surface area contributed by atoms with Crippen LogP contribution in [0.5, 0.6) is 0 Å². The Bertz CT molecular complexity index is 590. The molecule has 1 aromatic rings. The molecule has 0 bridgehead atoms. The van der Waals surface area contributed by atoms with Crippen LogP contribution in [-0.2, 0) is 32.7 Å². The second-order valence-corrected chi connectivity index (χ2v) is 6.68. The summed E-state index contributed by atoms with van der Waals surface area (Å²) >= 11 is 15.1. The van der Waals surface area contributed by atoms with Crippen molar-refractivity contribution in [3.8, 4) is 0 Å². The number of esters is 1. The van der Waals surface area contributed by atoms with E-state index in [2.05, 4.69) is 0 Å². The molecule has 0 aliphatic heterocycles. The van der Waals surface area contributed by atoms with E-state index < -0.39 is 17.3 Å². The molecule has 1 atom stereocenters. The molecule has 1 unspecified atom stereocenters. The summed E-state index contributed by atoms with van der Waals surface area (Å²) in [6, 6.07) is 9.18. The van der Waals surface area contributed by atoms with Crippen molar-refractivity contribution in [2.24, 2.45) is 0 Å². The second-order valence-electron chi connectivity index (χ2n) is 4.59. The molecular formula is C15H17NO4PS3+. The number of benzene rings is 1. The third-order valence-corrected chi connectivity index (χ3v) is 5.99. The van der Waals surface area contributed by atoms with Gasteiger partial charge >= 0.3 is 12.1 Å². The average molecular weight is 402 g/mol. The molecule has 5 nitrogen and oxygen atoms in total. The molecule has 0 saturated heterocycles. The van der Waals surface area contributed by atoms with Gasteiger partial charge in [0, 0.05) is 0 Å². The minimum atomic E-state index is -1.18. The summed E-state index contributed by atoms with van der Waals surface area (Å²) < 4.78 is 10.2. The van der Waals surface area contributed by atoms with E-state index in [0.29, 0.717) is 0 Å². The molecular weight excluding hydrogens is 385 g/mol. The van der Waals surface area contributed by atoms with Crippen molar-refractivity contribution in [1.82, 2.24) is 4.90 Å². The van der Waals surface area contributed by atoms with Crippen molar-refractivity contribution in [3.63, 3.8) is 0 Å². The molecule has 0 spiro atoms. The fraction of sp³-hybridized carbons (Fsp3) is 0.333. The molecule has 9 heteroatoms. The monoisotopic (exact) mass is 402 g/mol. The third kappa shape index (κ3) is 5.63. The fourth-order valence-electron chi connectivity index (χ4n) is 1.74. The van der Waals surface area contributed by atoms with Crippen molar-refractivity contribution < 1.29 is 19.1 Å². The van der Waals surface area contributed by atoms with Gasteiger partial charge in [-0.05, 0) is 12.5 Å². The van der Waals surface area contributed by atoms with Crippen molar-refractivity contribution in [1.29, 1.82) is 0 Å². The van der Waals surface area contributed by atoms with Gasteiger partial charge in [0.2, 0.25) is 0 Å². The first-order valence-corrected chi connectivity index (χ1v) is 10.1. The van der Waals surface area contributed by atoms with E-state index in [1.807, 2.05) is 30.3 Å². The lowest BCUT2D eigenvalue weighted by Crippen LogP contribution is -2.52. The Morgan fingerprint density at radius 2 is 1.83 bits per heavy atom. The van der Waals surface area contributed by atoms with E-state index in [-0.39, 0.29) is 27.1 Å². The van der Waals surface area contributed by atoms with E-state index in [9.17, 15) is 9.59 Å². The molecule has 1 aromatic carbocycles. The van der Waals surface area contributed by atoms with E-state index in [1.54, 1.807) is 6.92 Å². The summed E-state index contributed by atoms with van der Waals surface area (Å²) in [7, 11) is -0.254. The van der Waals surface area contributed by atoms with Gasteiger partial charge in [0.15, 0.2) is 19.2 Å².